The van der Waals surface area contributed by atoms with E-state index < -0.39 is 0 Å². The van der Waals surface area contributed by atoms with Gasteiger partial charge in [-0.1, -0.05) is 12.1 Å². The maximum Gasteiger partial charge on any atom is 0.123 e. The minimum atomic E-state index is -0.160. The maximum atomic E-state index is 13.3. The summed E-state index contributed by atoms with van der Waals surface area (Å²) in [7, 11) is 1.95. The number of nitrogens with one attached hydrogen (secondary N) is 1. The molecule has 4 atom stereocenters. The molecule has 17 heavy (non-hydrogen) atoms. The first-order valence-electron chi connectivity index (χ1n) is 6.36. The molecule has 2 aliphatic rings. The van der Waals surface area contributed by atoms with E-state index in [0.717, 1.165) is 18.4 Å². The molecule has 2 saturated heterocycles. The molecule has 0 amide bonds. The molecule has 2 fully saturated rings. The van der Waals surface area contributed by atoms with Gasteiger partial charge in [0.05, 0.1) is 12.2 Å². The molecule has 2 heterocycles. The van der Waals surface area contributed by atoms with Crippen LogP contribution in [0.3, 0.4) is 0 Å². The average Bonchev–Trinajstić information content (AvgIpc) is 2.92. The quantitative estimate of drug-likeness (QED) is 0.869. The van der Waals surface area contributed by atoms with Crippen LogP contribution in [0.25, 0.3) is 0 Å². The summed E-state index contributed by atoms with van der Waals surface area (Å²) < 4.78 is 19.2. The summed E-state index contributed by atoms with van der Waals surface area (Å²) in [6.07, 6.45) is 4.26. The molecule has 1 aromatic carbocycles. The fourth-order valence-corrected chi connectivity index (χ4v) is 3.36. The van der Waals surface area contributed by atoms with Gasteiger partial charge in [-0.2, -0.15) is 0 Å². The number of rotatable bonds is 3. The fourth-order valence-electron chi connectivity index (χ4n) is 3.36. The van der Waals surface area contributed by atoms with Crippen molar-refractivity contribution in [3.05, 3.63) is 35.6 Å². The van der Waals surface area contributed by atoms with Crippen LogP contribution >= 0.6 is 0 Å². The second-order valence-corrected chi connectivity index (χ2v) is 5.09. The Labute approximate surface area is 101 Å². The molecule has 3 rings (SSSR count). The van der Waals surface area contributed by atoms with Crippen molar-refractivity contribution in [1.29, 1.82) is 0 Å². The number of halogens is 1. The lowest BCUT2D eigenvalue weighted by Crippen LogP contribution is -2.31. The highest BCUT2D eigenvalue weighted by Crippen LogP contribution is 2.44. The van der Waals surface area contributed by atoms with Crippen LogP contribution in [0.4, 0.5) is 4.39 Å². The predicted molar refractivity (Wildman–Crippen MR) is 64.2 cm³/mol. The van der Waals surface area contributed by atoms with E-state index in [9.17, 15) is 4.39 Å². The van der Waals surface area contributed by atoms with E-state index in [1.165, 1.54) is 12.5 Å². The molecule has 2 aliphatic heterocycles. The summed E-state index contributed by atoms with van der Waals surface area (Å²) in [5.74, 6) is 0.326. The summed E-state index contributed by atoms with van der Waals surface area (Å²) in [6.45, 7) is 0. The van der Waals surface area contributed by atoms with Crippen LogP contribution < -0.4 is 5.32 Å². The summed E-state index contributed by atoms with van der Waals surface area (Å²) in [5.41, 5.74) is 1.04. The molecule has 2 nitrogen and oxygen atoms in total. The van der Waals surface area contributed by atoms with Gasteiger partial charge in [-0.15, -0.1) is 0 Å². The molecule has 92 valence electrons. The molecule has 0 saturated carbocycles. The molecule has 0 aromatic heterocycles. The van der Waals surface area contributed by atoms with Crippen LogP contribution in [0.2, 0.25) is 0 Å². The molecule has 1 aromatic rings. The smallest absolute Gasteiger partial charge is 0.123 e. The monoisotopic (exact) mass is 235 g/mol. The third kappa shape index (κ3) is 1.98. The molecule has 2 bridgehead atoms. The zero-order valence-electron chi connectivity index (χ0n) is 10.0. The van der Waals surface area contributed by atoms with Crippen LogP contribution in [0.15, 0.2) is 24.3 Å². The molecule has 0 aliphatic carbocycles. The van der Waals surface area contributed by atoms with Crippen molar-refractivity contribution in [2.75, 3.05) is 7.05 Å². The Kier molecular flexibility index (Phi) is 2.89. The van der Waals surface area contributed by atoms with Crippen LogP contribution in [0, 0.1) is 11.7 Å². The Hall–Kier alpha value is -0.930. The van der Waals surface area contributed by atoms with E-state index in [0.29, 0.717) is 18.1 Å². The molecular formula is C14H18FNO. The second-order valence-electron chi connectivity index (χ2n) is 5.09. The van der Waals surface area contributed by atoms with Gasteiger partial charge in [0, 0.05) is 12.0 Å². The van der Waals surface area contributed by atoms with Crippen molar-refractivity contribution in [2.45, 2.75) is 37.5 Å². The van der Waals surface area contributed by atoms with Crippen LogP contribution in [-0.4, -0.2) is 19.3 Å². The number of ether oxygens (including phenoxy) is 1. The van der Waals surface area contributed by atoms with Crippen molar-refractivity contribution < 1.29 is 9.13 Å². The molecule has 4 unspecified atom stereocenters. The fraction of sp³-hybridized carbons (Fsp3) is 0.571. The highest BCUT2D eigenvalue weighted by Gasteiger charge is 2.44. The van der Waals surface area contributed by atoms with Gasteiger partial charge in [0.25, 0.3) is 0 Å². The Bertz CT molecular complexity index is 409. The van der Waals surface area contributed by atoms with Gasteiger partial charge >= 0.3 is 0 Å². The second kappa shape index (κ2) is 4.39. The van der Waals surface area contributed by atoms with Gasteiger partial charge < -0.3 is 10.1 Å². The third-order valence-electron chi connectivity index (χ3n) is 4.10. The molecular weight excluding hydrogens is 217 g/mol. The van der Waals surface area contributed by atoms with E-state index >= 15 is 0 Å². The molecule has 0 radical (unpaired) electrons. The van der Waals surface area contributed by atoms with E-state index in [-0.39, 0.29) is 11.9 Å². The van der Waals surface area contributed by atoms with E-state index in [1.807, 2.05) is 13.1 Å². The summed E-state index contributed by atoms with van der Waals surface area (Å²) in [6, 6.07) is 7.11. The maximum absolute atomic E-state index is 13.3. The van der Waals surface area contributed by atoms with Crippen molar-refractivity contribution in [1.82, 2.24) is 5.32 Å². The minimum Gasteiger partial charge on any atom is -0.375 e. The van der Waals surface area contributed by atoms with Crippen molar-refractivity contribution in [3.8, 4) is 0 Å². The minimum absolute atomic E-state index is 0.160. The number of fused-ring (bicyclic) bond motifs is 2. The van der Waals surface area contributed by atoms with Crippen LogP contribution in [0.1, 0.15) is 30.9 Å². The first-order chi connectivity index (χ1) is 8.28. The lowest BCUT2D eigenvalue weighted by Gasteiger charge is -2.28. The molecule has 3 heteroatoms. The van der Waals surface area contributed by atoms with Gasteiger partial charge in [0.15, 0.2) is 0 Å². The topological polar surface area (TPSA) is 21.3 Å². The largest absolute Gasteiger partial charge is 0.375 e. The van der Waals surface area contributed by atoms with Gasteiger partial charge in [-0.05, 0) is 44.0 Å². The molecule has 0 spiro atoms. The number of hydrogen-bond acceptors (Lipinski definition) is 2. The SMILES string of the molecule is CNC(c1cccc(F)c1)C1CC2CCC1O2. The lowest BCUT2D eigenvalue weighted by atomic mass is 9.81. The van der Waals surface area contributed by atoms with Crippen molar-refractivity contribution >= 4 is 0 Å². The summed E-state index contributed by atoms with van der Waals surface area (Å²) in [5, 5.41) is 3.33. The van der Waals surface area contributed by atoms with Crippen molar-refractivity contribution in [3.63, 3.8) is 0 Å². The third-order valence-corrected chi connectivity index (χ3v) is 4.10. The number of benzene rings is 1. The lowest BCUT2D eigenvalue weighted by molar-refractivity contribution is 0.0863. The predicted octanol–water partition coefficient (Wildman–Crippen LogP) is 2.65. The first-order valence-corrected chi connectivity index (χ1v) is 6.36. The Morgan fingerprint density at radius 3 is 2.88 bits per heavy atom. The van der Waals surface area contributed by atoms with Crippen LogP contribution in [0.5, 0.6) is 0 Å². The van der Waals surface area contributed by atoms with Gasteiger partial charge in [-0.3, -0.25) is 0 Å². The Morgan fingerprint density at radius 2 is 2.29 bits per heavy atom. The number of hydrogen-bond donors (Lipinski definition) is 1. The highest BCUT2D eigenvalue weighted by atomic mass is 19.1. The van der Waals surface area contributed by atoms with Gasteiger partial charge in [-0.25, -0.2) is 4.39 Å². The standard InChI is InChI=1S/C14H18FNO/c1-16-14(9-3-2-4-10(15)7-9)12-8-11-5-6-13(12)17-11/h2-4,7,11-14,16H,5-6,8H2,1H3. The van der Waals surface area contributed by atoms with Gasteiger partial charge in [0.1, 0.15) is 5.82 Å². The van der Waals surface area contributed by atoms with E-state index in [4.69, 9.17) is 4.74 Å². The highest BCUT2D eigenvalue weighted by molar-refractivity contribution is 5.22. The zero-order chi connectivity index (χ0) is 11.8. The van der Waals surface area contributed by atoms with E-state index in [1.54, 1.807) is 12.1 Å². The molecule has 1 N–H and O–H groups in total. The Balaban J connectivity index is 1.84. The normalized spacial score (nSPS) is 32.9. The summed E-state index contributed by atoms with van der Waals surface area (Å²) >= 11 is 0. The Morgan fingerprint density at radius 1 is 1.41 bits per heavy atom. The zero-order valence-corrected chi connectivity index (χ0v) is 10.0. The van der Waals surface area contributed by atoms with Crippen LogP contribution in [-0.2, 0) is 4.74 Å². The van der Waals surface area contributed by atoms with E-state index in [2.05, 4.69) is 5.32 Å². The van der Waals surface area contributed by atoms with Gasteiger partial charge in [0.2, 0.25) is 0 Å². The average molecular weight is 235 g/mol. The van der Waals surface area contributed by atoms with Crippen molar-refractivity contribution in [2.24, 2.45) is 5.92 Å². The first kappa shape index (κ1) is 11.2. The summed E-state index contributed by atoms with van der Waals surface area (Å²) in [4.78, 5) is 0.